The monoisotopic (exact) mass is 484 g/mol. The molecule has 2 aromatic carbocycles. The number of aromatic amines is 1. The number of aliphatic hydroxyl groups excluding tert-OH is 4. The van der Waals surface area contributed by atoms with E-state index in [0.29, 0.717) is 18.7 Å². The van der Waals surface area contributed by atoms with Crippen molar-refractivity contribution in [3.63, 3.8) is 0 Å². The van der Waals surface area contributed by atoms with Gasteiger partial charge < -0.3 is 45.3 Å². The summed E-state index contributed by atoms with van der Waals surface area (Å²) in [6.07, 6.45) is -1.36. The average Bonchev–Trinajstić information content (AvgIpc) is 3.26. The van der Waals surface area contributed by atoms with Gasteiger partial charge in [0.05, 0.1) is 6.61 Å². The Balaban J connectivity index is 1.36. The second kappa shape index (κ2) is 10.9. The number of H-pyrrole nitrogens is 1. The van der Waals surface area contributed by atoms with E-state index in [-0.39, 0.29) is 11.7 Å². The minimum atomic E-state index is -1.52. The number of phenols is 1. The zero-order valence-corrected chi connectivity index (χ0v) is 18.7. The Bertz CT molecular complexity index is 1170. The lowest BCUT2D eigenvalue weighted by Gasteiger charge is -2.39. The van der Waals surface area contributed by atoms with Crippen LogP contribution in [0.5, 0.6) is 11.5 Å². The van der Waals surface area contributed by atoms with Crippen LogP contribution in [0.4, 0.5) is 0 Å². The summed E-state index contributed by atoms with van der Waals surface area (Å²) < 4.78 is 11.1. The molecule has 0 spiro atoms. The van der Waals surface area contributed by atoms with Gasteiger partial charge in [-0.2, -0.15) is 0 Å². The molecule has 1 fully saturated rings. The molecule has 10 nitrogen and oxygen atoms in total. The number of amides is 1. The van der Waals surface area contributed by atoms with E-state index in [2.05, 4.69) is 10.3 Å². The number of carbonyl (C=O) groups excluding carboxylic acids is 1. The van der Waals surface area contributed by atoms with Gasteiger partial charge in [0.25, 0.3) is 0 Å². The van der Waals surface area contributed by atoms with Gasteiger partial charge in [-0.25, -0.2) is 0 Å². The summed E-state index contributed by atoms with van der Waals surface area (Å²) in [6, 6.07) is 11.7. The molecule has 0 bridgehead atoms. The molecule has 2 heterocycles. The lowest BCUT2D eigenvalue weighted by Crippen LogP contribution is -2.60. The van der Waals surface area contributed by atoms with Crippen molar-refractivity contribution in [2.24, 2.45) is 0 Å². The van der Waals surface area contributed by atoms with Crippen molar-refractivity contribution < 1.29 is 39.8 Å². The summed E-state index contributed by atoms with van der Waals surface area (Å²) in [6.45, 7) is -0.148. The number of aromatic nitrogens is 1. The van der Waals surface area contributed by atoms with E-state index in [1.54, 1.807) is 48.5 Å². The van der Waals surface area contributed by atoms with Gasteiger partial charge in [-0.1, -0.05) is 12.1 Å². The van der Waals surface area contributed by atoms with E-state index in [9.17, 15) is 30.3 Å². The van der Waals surface area contributed by atoms with Crippen LogP contribution >= 0.6 is 0 Å². The van der Waals surface area contributed by atoms with Crippen LogP contribution in [0.3, 0.4) is 0 Å². The Morgan fingerprint density at radius 2 is 1.86 bits per heavy atom. The molecule has 0 unspecified atom stereocenters. The van der Waals surface area contributed by atoms with Gasteiger partial charge in [0.1, 0.15) is 35.9 Å². The van der Waals surface area contributed by atoms with Gasteiger partial charge in [-0.3, -0.25) is 4.79 Å². The fraction of sp³-hybridized carbons (Fsp3) is 0.320. The van der Waals surface area contributed by atoms with Gasteiger partial charge in [0.15, 0.2) is 0 Å². The maximum atomic E-state index is 12.1. The van der Waals surface area contributed by atoms with Crippen LogP contribution in [0, 0.1) is 0 Å². The van der Waals surface area contributed by atoms with Crippen LogP contribution in [0.1, 0.15) is 11.1 Å². The molecule has 5 atom stereocenters. The van der Waals surface area contributed by atoms with Crippen LogP contribution in [0.15, 0.2) is 54.7 Å². The highest BCUT2D eigenvalue weighted by atomic mass is 16.7. The number of nitrogens with one attached hydrogen (secondary N) is 2. The van der Waals surface area contributed by atoms with Crippen LogP contribution in [0.25, 0.3) is 17.0 Å². The number of ether oxygens (including phenoxy) is 2. The third kappa shape index (κ3) is 5.81. The van der Waals surface area contributed by atoms with E-state index in [4.69, 9.17) is 9.47 Å². The Morgan fingerprint density at radius 1 is 1.09 bits per heavy atom. The second-order valence-electron chi connectivity index (χ2n) is 8.30. The zero-order chi connectivity index (χ0) is 24.9. The number of phenolic OH excluding ortho intramolecular Hbond substituents is 1. The first kappa shape index (κ1) is 24.7. The predicted octanol–water partition coefficient (Wildman–Crippen LogP) is 0.424. The Kier molecular flexibility index (Phi) is 7.69. The Labute approximate surface area is 201 Å². The van der Waals surface area contributed by atoms with E-state index >= 15 is 0 Å². The summed E-state index contributed by atoms with van der Waals surface area (Å²) >= 11 is 0. The fourth-order valence-corrected chi connectivity index (χ4v) is 3.87. The molecule has 4 rings (SSSR count). The van der Waals surface area contributed by atoms with Gasteiger partial charge in [-0.05, 0) is 54.0 Å². The molecule has 1 aliphatic heterocycles. The molecule has 10 heteroatoms. The average molecular weight is 485 g/mol. The molecule has 186 valence electrons. The zero-order valence-electron chi connectivity index (χ0n) is 18.7. The lowest BCUT2D eigenvalue weighted by atomic mass is 9.99. The van der Waals surface area contributed by atoms with Crippen molar-refractivity contribution >= 4 is 22.9 Å². The third-order valence-electron chi connectivity index (χ3n) is 5.85. The molecule has 7 N–H and O–H groups in total. The summed E-state index contributed by atoms with van der Waals surface area (Å²) in [5.74, 6) is 0.278. The number of rotatable bonds is 8. The van der Waals surface area contributed by atoms with Gasteiger partial charge in [0, 0.05) is 29.7 Å². The summed E-state index contributed by atoms with van der Waals surface area (Å²) in [7, 11) is 0. The molecule has 3 aromatic rings. The molecule has 35 heavy (non-hydrogen) atoms. The van der Waals surface area contributed by atoms with Crippen LogP contribution < -0.4 is 10.1 Å². The van der Waals surface area contributed by atoms with E-state index in [0.717, 1.165) is 22.0 Å². The number of hydrogen-bond donors (Lipinski definition) is 7. The van der Waals surface area contributed by atoms with Crippen LogP contribution in [-0.2, 0) is 16.0 Å². The Hall–Kier alpha value is -3.41. The fourth-order valence-electron chi connectivity index (χ4n) is 3.87. The first-order chi connectivity index (χ1) is 16.9. The van der Waals surface area contributed by atoms with Gasteiger partial charge in [0.2, 0.25) is 12.2 Å². The number of hydrogen-bond acceptors (Lipinski definition) is 8. The van der Waals surface area contributed by atoms with Crippen molar-refractivity contribution in [1.82, 2.24) is 10.3 Å². The lowest BCUT2D eigenvalue weighted by molar-refractivity contribution is -0.277. The molecule has 0 saturated carbocycles. The highest BCUT2D eigenvalue weighted by Gasteiger charge is 2.44. The largest absolute Gasteiger partial charge is 0.508 e. The molecule has 0 aliphatic carbocycles. The minimum absolute atomic E-state index is 0.159. The van der Waals surface area contributed by atoms with E-state index < -0.39 is 37.3 Å². The number of fused-ring (bicyclic) bond motifs is 1. The van der Waals surface area contributed by atoms with Crippen molar-refractivity contribution in [3.05, 3.63) is 65.9 Å². The summed E-state index contributed by atoms with van der Waals surface area (Å²) in [5.41, 5.74) is 2.57. The van der Waals surface area contributed by atoms with Crippen molar-refractivity contribution in [1.29, 1.82) is 0 Å². The molecule has 1 amide bonds. The first-order valence-electron chi connectivity index (χ1n) is 11.2. The molecular formula is C25H28N2O8. The van der Waals surface area contributed by atoms with Crippen molar-refractivity contribution in [2.75, 3.05) is 13.2 Å². The van der Waals surface area contributed by atoms with E-state index in [1.807, 2.05) is 6.20 Å². The van der Waals surface area contributed by atoms with Crippen LogP contribution in [-0.4, -0.2) is 80.3 Å². The van der Waals surface area contributed by atoms with E-state index in [1.165, 1.54) is 6.08 Å². The predicted molar refractivity (Wildman–Crippen MR) is 127 cm³/mol. The SMILES string of the molecule is O=C(C=Cc1ccc(O)cc1)NCCc1c[nH]c2ccc(O[C@@H]3O[C@H](CO)[C@@H](O)[C@H](O)[C@H]3O)cc12. The maximum absolute atomic E-state index is 12.1. The van der Waals surface area contributed by atoms with Crippen LogP contribution in [0.2, 0.25) is 0 Å². The number of benzene rings is 2. The summed E-state index contributed by atoms with van der Waals surface area (Å²) in [4.78, 5) is 15.3. The molecule has 1 aromatic heterocycles. The molecular weight excluding hydrogens is 456 g/mol. The van der Waals surface area contributed by atoms with Crippen molar-refractivity contribution in [2.45, 2.75) is 37.1 Å². The highest BCUT2D eigenvalue weighted by Crippen LogP contribution is 2.28. The van der Waals surface area contributed by atoms with Crippen molar-refractivity contribution in [3.8, 4) is 11.5 Å². The van der Waals surface area contributed by atoms with Gasteiger partial charge >= 0.3 is 0 Å². The standard InChI is InChI=1S/C25H28N2O8/c28-13-20-22(31)23(32)24(33)25(35-20)34-17-6-7-19-18(11-17)15(12-27-19)9-10-26-21(30)8-3-14-1-4-16(29)5-2-14/h1-8,11-12,20,22-25,27-29,31-33H,9-10,13H2,(H,26,30)/t20-,22-,23+,24-,25-/m1/s1. The smallest absolute Gasteiger partial charge is 0.244 e. The molecule has 1 saturated heterocycles. The normalized spacial score (nSPS) is 24.6. The third-order valence-corrected chi connectivity index (χ3v) is 5.85. The molecule has 0 radical (unpaired) electrons. The number of aromatic hydroxyl groups is 1. The Morgan fingerprint density at radius 3 is 2.60 bits per heavy atom. The quantitative estimate of drug-likeness (QED) is 0.226. The van der Waals surface area contributed by atoms with Gasteiger partial charge in [-0.15, -0.1) is 0 Å². The second-order valence-corrected chi connectivity index (χ2v) is 8.30. The first-order valence-corrected chi connectivity index (χ1v) is 11.2. The number of carbonyl (C=O) groups is 1. The topological polar surface area (TPSA) is 164 Å². The maximum Gasteiger partial charge on any atom is 0.244 e. The minimum Gasteiger partial charge on any atom is -0.508 e. The summed E-state index contributed by atoms with van der Waals surface area (Å²) in [5, 5.41) is 52.4. The molecule has 1 aliphatic rings. The number of aliphatic hydroxyl groups is 4. The highest BCUT2D eigenvalue weighted by molar-refractivity contribution is 5.91.